The maximum Gasteiger partial charge on any atom is 0.265 e. The maximum absolute atomic E-state index is 12.2. The molecule has 1 N–H and O–H groups in total. The molecule has 1 aromatic carbocycles. The fourth-order valence-electron chi connectivity index (χ4n) is 2.75. The van der Waals surface area contributed by atoms with Crippen molar-refractivity contribution in [1.82, 2.24) is 9.71 Å². The summed E-state index contributed by atoms with van der Waals surface area (Å²) in [5.41, 5.74) is 2.33. The molecule has 5 nitrogen and oxygen atoms in total. The standard InChI is InChI=1S/C18H20N2O3S/c1-12(2)13-5-7-14(8-6-13)16-10-17(16)18(21)20-24(22,23)15-4-3-9-19-11-15/h3-9,11-12,16-17H,10H2,1-2H3,(H,20,21)/t16-,17+/m1/s1. The van der Waals surface area contributed by atoms with Gasteiger partial charge in [0, 0.05) is 18.3 Å². The Labute approximate surface area is 142 Å². The SMILES string of the molecule is CC(C)c1ccc([C@H]2C[C@@H]2C(=O)NS(=O)(=O)c2cccnc2)cc1. The number of sulfonamides is 1. The van der Waals surface area contributed by atoms with Crippen molar-refractivity contribution in [2.24, 2.45) is 5.92 Å². The first kappa shape index (κ1) is 16.6. The molecule has 0 unspecified atom stereocenters. The minimum Gasteiger partial charge on any atom is -0.274 e. The zero-order chi connectivity index (χ0) is 17.3. The van der Waals surface area contributed by atoms with E-state index >= 15 is 0 Å². The second-order valence-electron chi connectivity index (χ2n) is 6.43. The molecule has 1 fully saturated rings. The van der Waals surface area contributed by atoms with Gasteiger partial charge in [-0.2, -0.15) is 0 Å². The van der Waals surface area contributed by atoms with Gasteiger partial charge in [-0.1, -0.05) is 38.1 Å². The number of rotatable bonds is 5. The average molecular weight is 344 g/mol. The van der Waals surface area contributed by atoms with Crippen molar-refractivity contribution in [3.05, 3.63) is 59.9 Å². The molecular formula is C18H20N2O3S. The fourth-order valence-corrected chi connectivity index (χ4v) is 3.75. The summed E-state index contributed by atoms with van der Waals surface area (Å²) in [7, 11) is -3.85. The zero-order valence-electron chi connectivity index (χ0n) is 13.6. The molecule has 1 saturated carbocycles. The molecule has 1 aliphatic rings. The molecule has 1 amide bonds. The lowest BCUT2D eigenvalue weighted by Gasteiger charge is -2.08. The van der Waals surface area contributed by atoms with Crippen LogP contribution in [0.1, 0.15) is 43.2 Å². The van der Waals surface area contributed by atoms with E-state index in [1.807, 2.05) is 12.1 Å². The summed E-state index contributed by atoms with van der Waals surface area (Å²) in [6, 6.07) is 11.1. The summed E-state index contributed by atoms with van der Waals surface area (Å²) in [5.74, 6) is -0.185. The molecule has 0 aliphatic heterocycles. The lowest BCUT2D eigenvalue weighted by Crippen LogP contribution is -2.32. The summed E-state index contributed by atoms with van der Waals surface area (Å²) in [4.78, 5) is 16.0. The number of hydrogen-bond acceptors (Lipinski definition) is 4. The molecule has 2 atom stereocenters. The first-order valence-electron chi connectivity index (χ1n) is 7.95. The molecule has 24 heavy (non-hydrogen) atoms. The van der Waals surface area contributed by atoms with Crippen molar-refractivity contribution in [3.8, 4) is 0 Å². The van der Waals surface area contributed by atoms with Crippen LogP contribution >= 0.6 is 0 Å². The smallest absolute Gasteiger partial charge is 0.265 e. The number of pyridine rings is 1. The third kappa shape index (κ3) is 3.48. The van der Waals surface area contributed by atoms with Crippen LogP contribution in [0.15, 0.2) is 53.7 Å². The van der Waals surface area contributed by atoms with Crippen LogP contribution < -0.4 is 4.72 Å². The Hall–Kier alpha value is -2.21. The van der Waals surface area contributed by atoms with E-state index in [2.05, 4.69) is 35.7 Å². The molecule has 1 heterocycles. The van der Waals surface area contributed by atoms with Crippen LogP contribution in [0.25, 0.3) is 0 Å². The van der Waals surface area contributed by atoms with E-state index in [0.717, 1.165) is 5.56 Å². The van der Waals surface area contributed by atoms with E-state index in [9.17, 15) is 13.2 Å². The lowest BCUT2D eigenvalue weighted by atomic mass is 10.00. The Morgan fingerprint density at radius 3 is 2.50 bits per heavy atom. The van der Waals surface area contributed by atoms with Crippen LogP contribution in [-0.2, 0) is 14.8 Å². The number of amides is 1. The van der Waals surface area contributed by atoms with Gasteiger partial charge < -0.3 is 0 Å². The van der Waals surface area contributed by atoms with Crippen LogP contribution in [0.2, 0.25) is 0 Å². The van der Waals surface area contributed by atoms with Gasteiger partial charge in [-0.15, -0.1) is 0 Å². The highest BCUT2D eigenvalue weighted by Gasteiger charge is 2.45. The first-order valence-corrected chi connectivity index (χ1v) is 9.43. The van der Waals surface area contributed by atoms with Gasteiger partial charge >= 0.3 is 0 Å². The number of hydrogen-bond donors (Lipinski definition) is 1. The van der Waals surface area contributed by atoms with Gasteiger partial charge in [0.15, 0.2) is 0 Å². The fraction of sp³-hybridized carbons (Fsp3) is 0.333. The summed E-state index contributed by atoms with van der Waals surface area (Å²) in [6.07, 6.45) is 3.39. The van der Waals surface area contributed by atoms with E-state index in [-0.39, 0.29) is 16.7 Å². The predicted molar refractivity (Wildman–Crippen MR) is 90.9 cm³/mol. The molecule has 0 radical (unpaired) electrons. The molecule has 0 bridgehead atoms. The largest absolute Gasteiger partial charge is 0.274 e. The predicted octanol–water partition coefficient (Wildman–Crippen LogP) is 2.81. The Morgan fingerprint density at radius 1 is 1.21 bits per heavy atom. The molecule has 2 aromatic rings. The van der Waals surface area contributed by atoms with E-state index in [1.165, 1.54) is 30.1 Å². The molecular weight excluding hydrogens is 324 g/mol. The van der Waals surface area contributed by atoms with E-state index < -0.39 is 15.9 Å². The van der Waals surface area contributed by atoms with Crippen LogP contribution in [0.3, 0.4) is 0 Å². The average Bonchev–Trinajstić information content (AvgIpc) is 3.36. The number of carbonyl (C=O) groups is 1. The van der Waals surface area contributed by atoms with Crippen LogP contribution in [0, 0.1) is 5.92 Å². The molecule has 0 spiro atoms. The summed E-state index contributed by atoms with van der Waals surface area (Å²) >= 11 is 0. The monoisotopic (exact) mass is 344 g/mol. The van der Waals surface area contributed by atoms with Crippen molar-refractivity contribution in [2.75, 3.05) is 0 Å². The molecule has 0 saturated heterocycles. The van der Waals surface area contributed by atoms with Gasteiger partial charge in [-0.25, -0.2) is 13.1 Å². The van der Waals surface area contributed by atoms with E-state index in [0.29, 0.717) is 12.3 Å². The highest BCUT2D eigenvalue weighted by Crippen LogP contribution is 2.47. The van der Waals surface area contributed by atoms with Gasteiger partial charge in [0.1, 0.15) is 4.90 Å². The lowest BCUT2D eigenvalue weighted by molar-refractivity contribution is -0.120. The highest BCUT2D eigenvalue weighted by atomic mass is 32.2. The third-order valence-electron chi connectivity index (χ3n) is 4.34. The second-order valence-corrected chi connectivity index (χ2v) is 8.11. The van der Waals surface area contributed by atoms with E-state index in [4.69, 9.17) is 0 Å². The van der Waals surface area contributed by atoms with Crippen molar-refractivity contribution in [3.63, 3.8) is 0 Å². The van der Waals surface area contributed by atoms with Crippen LogP contribution in [0.5, 0.6) is 0 Å². The zero-order valence-corrected chi connectivity index (χ0v) is 14.5. The maximum atomic E-state index is 12.2. The summed E-state index contributed by atoms with van der Waals surface area (Å²) in [5, 5.41) is 0. The van der Waals surface area contributed by atoms with Gasteiger partial charge in [0.25, 0.3) is 10.0 Å². The van der Waals surface area contributed by atoms with Gasteiger partial charge in [0.05, 0.1) is 0 Å². The Balaban J connectivity index is 1.66. The second kappa shape index (κ2) is 6.36. The van der Waals surface area contributed by atoms with Gasteiger partial charge in [-0.3, -0.25) is 9.78 Å². The quantitative estimate of drug-likeness (QED) is 0.905. The van der Waals surface area contributed by atoms with Crippen molar-refractivity contribution in [1.29, 1.82) is 0 Å². The van der Waals surface area contributed by atoms with Crippen molar-refractivity contribution in [2.45, 2.75) is 37.0 Å². The van der Waals surface area contributed by atoms with E-state index in [1.54, 1.807) is 0 Å². The minimum atomic E-state index is -3.85. The summed E-state index contributed by atoms with van der Waals surface area (Å²) < 4.78 is 26.5. The molecule has 6 heteroatoms. The Bertz CT molecular complexity index is 830. The first-order chi connectivity index (χ1) is 11.4. The minimum absolute atomic E-state index is 0.00293. The normalized spacial score (nSPS) is 20.0. The van der Waals surface area contributed by atoms with Gasteiger partial charge in [-0.05, 0) is 41.5 Å². The molecule has 1 aromatic heterocycles. The topological polar surface area (TPSA) is 76.1 Å². The highest BCUT2D eigenvalue weighted by molar-refractivity contribution is 7.90. The van der Waals surface area contributed by atoms with Gasteiger partial charge in [0.2, 0.25) is 5.91 Å². The van der Waals surface area contributed by atoms with Crippen LogP contribution in [-0.4, -0.2) is 19.3 Å². The molecule has 1 aliphatic carbocycles. The van der Waals surface area contributed by atoms with Crippen LogP contribution in [0.4, 0.5) is 0 Å². The Kier molecular flexibility index (Phi) is 4.41. The number of aromatic nitrogens is 1. The third-order valence-corrected chi connectivity index (χ3v) is 5.67. The van der Waals surface area contributed by atoms with Crippen molar-refractivity contribution >= 4 is 15.9 Å². The number of carbonyl (C=O) groups excluding carboxylic acids is 1. The molecule has 3 rings (SSSR count). The number of benzene rings is 1. The summed E-state index contributed by atoms with van der Waals surface area (Å²) in [6.45, 7) is 4.26. The Morgan fingerprint density at radius 2 is 1.92 bits per heavy atom. The molecule has 126 valence electrons. The number of nitrogens with zero attached hydrogens (tertiary/aromatic N) is 1. The van der Waals surface area contributed by atoms with Crippen molar-refractivity contribution < 1.29 is 13.2 Å². The number of nitrogens with one attached hydrogen (secondary N) is 1.